The van der Waals surface area contributed by atoms with E-state index in [1.807, 2.05) is 0 Å². The second-order valence-corrected chi connectivity index (χ2v) is 6.16. The zero-order chi connectivity index (χ0) is 11.6. The van der Waals surface area contributed by atoms with Gasteiger partial charge < -0.3 is 4.80 Å². The summed E-state index contributed by atoms with van der Waals surface area (Å²) in [6, 6.07) is 1.01. The topological polar surface area (TPSA) is 20.2 Å². The molecule has 0 spiro atoms. The van der Waals surface area contributed by atoms with Gasteiger partial charge in [0.05, 0.1) is 0 Å². The molecule has 0 aromatic carbocycles. The molecule has 0 aliphatic rings. The highest BCUT2D eigenvalue weighted by Gasteiger charge is 2.15. The maximum absolute atomic E-state index is 8.68. The van der Waals surface area contributed by atoms with Gasteiger partial charge in [-0.3, -0.25) is 0 Å². The van der Waals surface area contributed by atoms with Crippen molar-refractivity contribution in [3.63, 3.8) is 0 Å². The predicted octanol–water partition coefficient (Wildman–Crippen LogP) is 4.18. The normalized spacial score (nSPS) is 12.0. The van der Waals surface area contributed by atoms with E-state index < -0.39 is 0 Å². The Morgan fingerprint density at radius 1 is 0.933 bits per heavy atom. The average molecular weight is 228 g/mol. The van der Waals surface area contributed by atoms with Crippen LogP contribution in [-0.4, -0.2) is 14.6 Å². The molecular formula is C13H28OSi. The Bertz CT molecular complexity index is 134. The van der Waals surface area contributed by atoms with Crippen molar-refractivity contribution < 1.29 is 4.80 Å². The lowest BCUT2D eigenvalue weighted by atomic mass is 9.82. The van der Waals surface area contributed by atoms with Gasteiger partial charge >= 0.3 is 0 Å². The van der Waals surface area contributed by atoms with Crippen molar-refractivity contribution in [1.29, 1.82) is 0 Å². The number of rotatable bonds is 10. The average Bonchev–Trinajstić information content (AvgIpc) is 2.20. The third-order valence-electron chi connectivity index (χ3n) is 3.10. The zero-order valence-electron chi connectivity index (χ0n) is 10.8. The molecule has 0 aromatic heterocycles. The van der Waals surface area contributed by atoms with E-state index in [-0.39, 0.29) is 9.76 Å². The minimum absolute atomic E-state index is 0.159. The molecular weight excluding hydrogens is 200 g/mol. The van der Waals surface area contributed by atoms with Gasteiger partial charge in [0.25, 0.3) is 0 Å². The summed E-state index contributed by atoms with van der Waals surface area (Å²) in [5.74, 6) is 0. The first-order chi connectivity index (χ1) is 7.12. The van der Waals surface area contributed by atoms with Crippen LogP contribution in [0.4, 0.5) is 0 Å². The largest absolute Gasteiger partial charge is 0.432 e. The van der Waals surface area contributed by atoms with Crippen LogP contribution in [0.3, 0.4) is 0 Å². The van der Waals surface area contributed by atoms with Crippen LogP contribution in [0.5, 0.6) is 0 Å². The van der Waals surface area contributed by atoms with Gasteiger partial charge in [-0.05, 0) is 24.3 Å². The molecule has 1 N–H and O–H groups in total. The third kappa shape index (κ3) is 10.5. The highest BCUT2D eigenvalue weighted by atomic mass is 28.2. The van der Waals surface area contributed by atoms with Crippen molar-refractivity contribution >= 4 is 9.76 Å². The quantitative estimate of drug-likeness (QED) is 0.439. The summed E-state index contributed by atoms with van der Waals surface area (Å²) in [6.45, 7) is 7.07. The molecule has 0 unspecified atom stereocenters. The van der Waals surface area contributed by atoms with Crippen molar-refractivity contribution in [2.24, 2.45) is 5.41 Å². The van der Waals surface area contributed by atoms with Gasteiger partial charge in [0.1, 0.15) is 0 Å². The summed E-state index contributed by atoms with van der Waals surface area (Å²) in [4.78, 5) is 8.68. The van der Waals surface area contributed by atoms with Gasteiger partial charge in [-0.25, -0.2) is 0 Å². The Labute approximate surface area is 98.6 Å². The molecule has 0 bridgehead atoms. The first-order valence-corrected chi connectivity index (χ1v) is 7.65. The monoisotopic (exact) mass is 228 g/mol. The number of hydrogen-bond acceptors (Lipinski definition) is 1. The molecule has 0 atom stereocenters. The van der Waals surface area contributed by atoms with E-state index in [4.69, 9.17) is 4.80 Å². The van der Waals surface area contributed by atoms with E-state index in [1.54, 1.807) is 0 Å². The first-order valence-electron chi connectivity index (χ1n) is 6.49. The minimum atomic E-state index is 0.159. The zero-order valence-corrected chi connectivity index (χ0v) is 11.8. The molecule has 0 heterocycles. The lowest BCUT2D eigenvalue weighted by Crippen LogP contribution is -2.10. The summed E-state index contributed by atoms with van der Waals surface area (Å²) in [5, 5.41) is 0. The predicted molar refractivity (Wildman–Crippen MR) is 69.2 cm³/mol. The molecule has 0 saturated carbocycles. The van der Waals surface area contributed by atoms with Gasteiger partial charge in [0, 0.05) is 0 Å². The third-order valence-corrected chi connectivity index (χ3v) is 3.68. The lowest BCUT2D eigenvalue weighted by molar-refractivity contribution is 0.286. The fraction of sp³-hybridized carbons (Fsp3) is 1.00. The molecule has 90 valence electrons. The summed E-state index contributed by atoms with van der Waals surface area (Å²) >= 11 is 0. The van der Waals surface area contributed by atoms with Gasteiger partial charge in [-0.15, -0.1) is 0 Å². The Morgan fingerprint density at radius 3 is 2.13 bits per heavy atom. The molecule has 1 nitrogen and oxygen atoms in total. The Kier molecular flexibility index (Phi) is 9.52. The lowest BCUT2D eigenvalue weighted by Gasteiger charge is -2.24. The molecule has 0 fully saturated rings. The van der Waals surface area contributed by atoms with Gasteiger partial charge in [-0.1, -0.05) is 59.3 Å². The second-order valence-electron chi connectivity index (χ2n) is 5.34. The van der Waals surface area contributed by atoms with E-state index in [0.29, 0.717) is 5.41 Å². The van der Waals surface area contributed by atoms with Crippen LogP contribution < -0.4 is 0 Å². The van der Waals surface area contributed by atoms with E-state index in [1.165, 1.54) is 51.4 Å². The van der Waals surface area contributed by atoms with Crippen molar-refractivity contribution in [2.45, 2.75) is 78.2 Å². The SMILES string of the molecule is CCCCC(C)(C)CCCCCC[Si]O. The van der Waals surface area contributed by atoms with Crippen LogP contribution in [0, 0.1) is 5.41 Å². The molecule has 0 rings (SSSR count). The van der Waals surface area contributed by atoms with Crippen LogP contribution in [0.15, 0.2) is 0 Å². The summed E-state index contributed by atoms with van der Waals surface area (Å²) in [7, 11) is 0.159. The van der Waals surface area contributed by atoms with Crippen molar-refractivity contribution in [1.82, 2.24) is 0 Å². The van der Waals surface area contributed by atoms with Gasteiger partial charge in [-0.2, -0.15) is 0 Å². The van der Waals surface area contributed by atoms with Crippen LogP contribution >= 0.6 is 0 Å². The molecule has 15 heavy (non-hydrogen) atoms. The van der Waals surface area contributed by atoms with E-state index in [0.717, 1.165) is 6.04 Å². The standard InChI is InChI=1S/C13H28OSi/c1-4-5-10-13(2,3)11-8-6-7-9-12-15-14/h14H,4-12H2,1-3H3. The van der Waals surface area contributed by atoms with Crippen LogP contribution in [0.2, 0.25) is 6.04 Å². The van der Waals surface area contributed by atoms with Gasteiger partial charge in [0.15, 0.2) is 0 Å². The van der Waals surface area contributed by atoms with Crippen LogP contribution in [0.1, 0.15) is 72.1 Å². The van der Waals surface area contributed by atoms with Crippen LogP contribution in [-0.2, 0) is 0 Å². The maximum atomic E-state index is 8.68. The highest BCUT2D eigenvalue weighted by Crippen LogP contribution is 2.29. The fourth-order valence-corrected chi connectivity index (χ4v) is 2.35. The second kappa shape index (κ2) is 9.41. The van der Waals surface area contributed by atoms with Crippen molar-refractivity contribution in [3.05, 3.63) is 0 Å². The maximum Gasteiger partial charge on any atom is 0.224 e. The molecule has 0 saturated heterocycles. The van der Waals surface area contributed by atoms with E-state index in [9.17, 15) is 0 Å². The Morgan fingerprint density at radius 2 is 1.53 bits per heavy atom. The van der Waals surface area contributed by atoms with Gasteiger partial charge in [0.2, 0.25) is 9.76 Å². The van der Waals surface area contributed by atoms with E-state index >= 15 is 0 Å². The van der Waals surface area contributed by atoms with Crippen molar-refractivity contribution in [3.8, 4) is 0 Å². The summed E-state index contributed by atoms with van der Waals surface area (Å²) in [6.07, 6.45) is 10.7. The Balaban J connectivity index is 3.32. The molecule has 0 aliphatic heterocycles. The van der Waals surface area contributed by atoms with Crippen molar-refractivity contribution in [2.75, 3.05) is 0 Å². The minimum Gasteiger partial charge on any atom is -0.432 e. The number of hydrogen-bond donors (Lipinski definition) is 1. The summed E-state index contributed by atoms with van der Waals surface area (Å²) in [5.41, 5.74) is 0.550. The fourth-order valence-electron chi connectivity index (χ4n) is 1.94. The first kappa shape index (κ1) is 15.2. The smallest absolute Gasteiger partial charge is 0.224 e. The molecule has 2 radical (unpaired) electrons. The van der Waals surface area contributed by atoms with Crippen LogP contribution in [0.25, 0.3) is 0 Å². The molecule has 2 heteroatoms. The Hall–Kier alpha value is 0.177. The molecule has 0 aromatic rings. The van der Waals surface area contributed by atoms with E-state index in [2.05, 4.69) is 20.8 Å². The number of unbranched alkanes of at least 4 members (excludes halogenated alkanes) is 4. The molecule has 0 amide bonds. The summed E-state index contributed by atoms with van der Waals surface area (Å²) < 4.78 is 0. The molecule has 0 aliphatic carbocycles. The highest BCUT2D eigenvalue weighted by molar-refractivity contribution is 6.25.